The number of hydrogen-bond acceptors (Lipinski definition) is 3. The van der Waals surface area contributed by atoms with Crippen molar-refractivity contribution in [3.05, 3.63) is 35.9 Å². The van der Waals surface area contributed by atoms with E-state index in [2.05, 4.69) is 5.32 Å². The highest BCUT2D eigenvalue weighted by atomic mass is 32.2. The Bertz CT molecular complexity index is 363. The topological polar surface area (TPSA) is 49.3 Å². The first-order valence-electron chi connectivity index (χ1n) is 5.85. The quantitative estimate of drug-likeness (QED) is 0.854. The number of hydrogen-bond donors (Lipinski definition) is 2. The van der Waals surface area contributed by atoms with Crippen LogP contribution in [-0.4, -0.2) is 29.1 Å². The van der Waals surface area contributed by atoms with Crippen molar-refractivity contribution in [2.75, 3.05) is 18.1 Å². The zero-order valence-electron chi connectivity index (χ0n) is 9.63. The van der Waals surface area contributed by atoms with Crippen LogP contribution in [0.5, 0.6) is 0 Å². The monoisotopic (exact) mass is 251 g/mol. The molecular formula is C13H17NO2S. The van der Waals surface area contributed by atoms with Crippen molar-refractivity contribution in [2.24, 2.45) is 5.92 Å². The number of benzene rings is 1. The van der Waals surface area contributed by atoms with Crippen LogP contribution >= 0.6 is 11.8 Å². The zero-order chi connectivity index (χ0) is 12.1. The van der Waals surface area contributed by atoms with E-state index in [9.17, 15) is 9.90 Å². The Labute approximate surface area is 106 Å². The Morgan fingerprint density at radius 3 is 2.82 bits per heavy atom. The number of aliphatic hydroxyl groups is 1. The summed E-state index contributed by atoms with van der Waals surface area (Å²) in [5.41, 5.74) is 0.953. The van der Waals surface area contributed by atoms with Crippen LogP contribution < -0.4 is 5.32 Å². The minimum absolute atomic E-state index is 0.0599. The lowest BCUT2D eigenvalue weighted by Gasteiger charge is -2.18. The molecule has 1 aromatic rings. The Kier molecular flexibility index (Phi) is 4.45. The average Bonchev–Trinajstić information content (AvgIpc) is 2.90. The van der Waals surface area contributed by atoms with Gasteiger partial charge in [-0.3, -0.25) is 4.79 Å². The summed E-state index contributed by atoms with van der Waals surface area (Å²) in [6.07, 6.45) is 0.948. The molecule has 3 nitrogen and oxygen atoms in total. The predicted molar refractivity (Wildman–Crippen MR) is 69.8 cm³/mol. The van der Waals surface area contributed by atoms with Crippen molar-refractivity contribution in [1.82, 2.24) is 5.32 Å². The number of aliphatic hydroxyl groups excluding tert-OH is 1. The Hall–Kier alpha value is -1.00. The first-order chi connectivity index (χ1) is 8.31. The summed E-state index contributed by atoms with van der Waals surface area (Å²) in [4.78, 5) is 12.0. The molecule has 1 aromatic carbocycles. The minimum atomic E-state index is -0.283. The van der Waals surface area contributed by atoms with E-state index in [1.807, 2.05) is 42.1 Å². The van der Waals surface area contributed by atoms with E-state index in [1.165, 1.54) is 0 Å². The van der Waals surface area contributed by atoms with Crippen LogP contribution in [0.1, 0.15) is 18.0 Å². The molecule has 1 amide bonds. The van der Waals surface area contributed by atoms with Gasteiger partial charge in [-0.1, -0.05) is 30.3 Å². The summed E-state index contributed by atoms with van der Waals surface area (Å²) in [5, 5.41) is 12.3. The van der Waals surface area contributed by atoms with Gasteiger partial charge in [0, 0.05) is 11.7 Å². The smallest absolute Gasteiger partial charge is 0.224 e. The fourth-order valence-electron chi connectivity index (χ4n) is 1.95. The van der Waals surface area contributed by atoms with Crippen LogP contribution in [0, 0.1) is 5.92 Å². The summed E-state index contributed by atoms with van der Waals surface area (Å²) in [7, 11) is 0. The standard InChI is InChI=1S/C13H17NO2S/c15-8-12(10-4-2-1-3-5-10)14-13(16)11-6-7-17-9-11/h1-5,11-12,15H,6-9H2,(H,14,16)/t11?,12-/m0/s1. The highest BCUT2D eigenvalue weighted by Gasteiger charge is 2.25. The normalized spacial score (nSPS) is 21.1. The lowest BCUT2D eigenvalue weighted by molar-refractivity contribution is -0.125. The van der Waals surface area contributed by atoms with Crippen LogP contribution in [0.2, 0.25) is 0 Å². The molecule has 2 rings (SSSR count). The maximum atomic E-state index is 12.0. The van der Waals surface area contributed by atoms with Crippen molar-refractivity contribution in [3.63, 3.8) is 0 Å². The van der Waals surface area contributed by atoms with E-state index < -0.39 is 0 Å². The van der Waals surface area contributed by atoms with Crippen LogP contribution in [0.4, 0.5) is 0 Å². The molecule has 0 aromatic heterocycles. The maximum Gasteiger partial charge on any atom is 0.224 e. The summed E-state index contributed by atoms with van der Waals surface area (Å²) >= 11 is 1.82. The molecule has 1 heterocycles. The number of nitrogens with one attached hydrogen (secondary N) is 1. The van der Waals surface area contributed by atoms with Gasteiger partial charge in [0.05, 0.1) is 12.6 Å². The average molecular weight is 251 g/mol. The molecule has 0 aliphatic carbocycles. The van der Waals surface area contributed by atoms with Crippen LogP contribution in [0.25, 0.3) is 0 Å². The molecule has 1 aliphatic rings. The van der Waals surface area contributed by atoms with E-state index >= 15 is 0 Å². The molecule has 0 spiro atoms. The lowest BCUT2D eigenvalue weighted by Crippen LogP contribution is -2.35. The molecule has 0 saturated carbocycles. The molecule has 4 heteroatoms. The molecule has 2 N–H and O–H groups in total. The molecule has 92 valence electrons. The second-order valence-electron chi connectivity index (χ2n) is 4.21. The van der Waals surface area contributed by atoms with Crippen LogP contribution in [-0.2, 0) is 4.79 Å². The third-order valence-electron chi connectivity index (χ3n) is 3.00. The number of carbonyl (C=O) groups excluding carboxylic acids is 1. The van der Waals surface area contributed by atoms with Crippen molar-refractivity contribution in [1.29, 1.82) is 0 Å². The molecule has 1 unspecified atom stereocenters. The molecule has 1 aliphatic heterocycles. The summed E-state index contributed by atoms with van der Waals surface area (Å²) in [5.74, 6) is 2.14. The molecule has 0 bridgehead atoms. The van der Waals surface area contributed by atoms with Gasteiger partial charge in [0.2, 0.25) is 5.91 Å². The van der Waals surface area contributed by atoms with E-state index in [-0.39, 0.29) is 24.5 Å². The SMILES string of the molecule is O=C(N[C@@H](CO)c1ccccc1)C1CCSC1. The minimum Gasteiger partial charge on any atom is -0.394 e. The lowest BCUT2D eigenvalue weighted by atomic mass is 10.0. The van der Waals surface area contributed by atoms with Crippen LogP contribution in [0.3, 0.4) is 0 Å². The Morgan fingerprint density at radius 2 is 2.24 bits per heavy atom. The first kappa shape index (κ1) is 12.5. The summed E-state index contributed by atoms with van der Waals surface area (Å²) < 4.78 is 0. The number of thioether (sulfide) groups is 1. The molecule has 1 saturated heterocycles. The van der Waals surface area contributed by atoms with Gasteiger partial charge in [0.25, 0.3) is 0 Å². The van der Waals surface area contributed by atoms with E-state index in [1.54, 1.807) is 0 Å². The number of amides is 1. The highest BCUT2D eigenvalue weighted by molar-refractivity contribution is 7.99. The van der Waals surface area contributed by atoms with Gasteiger partial charge in [0.1, 0.15) is 0 Å². The maximum absolute atomic E-state index is 12.0. The van der Waals surface area contributed by atoms with Gasteiger partial charge in [-0.15, -0.1) is 0 Å². The molecule has 17 heavy (non-hydrogen) atoms. The fraction of sp³-hybridized carbons (Fsp3) is 0.462. The van der Waals surface area contributed by atoms with Gasteiger partial charge in [-0.2, -0.15) is 11.8 Å². The second kappa shape index (κ2) is 6.07. The van der Waals surface area contributed by atoms with Gasteiger partial charge in [0.15, 0.2) is 0 Å². The van der Waals surface area contributed by atoms with E-state index in [0.29, 0.717) is 0 Å². The molecule has 1 fully saturated rings. The number of carbonyl (C=O) groups is 1. The number of rotatable bonds is 4. The zero-order valence-corrected chi connectivity index (χ0v) is 10.5. The summed E-state index contributed by atoms with van der Waals surface area (Å²) in [6.45, 7) is -0.0599. The van der Waals surface area contributed by atoms with Crippen molar-refractivity contribution >= 4 is 17.7 Å². The largest absolute Gasteiger partial charge is 0.394 e. The van der Waals surface area contributed by atoms with Gasteiger partial charge in [-0.25, -0.2) is 0 Å². The molecule has 0 radical (unpaired) electrons. The van der Waals surface area contributed by atoms with Crippen molar-refractivity contribution in [3.8, 4) is 0 Å². The third-order valence-corrected chi connectivity index (χ3v) is 4.16. The Balaban J connectivity index is 1.97. The predicted octanol–water partition coefficient (Wildman–Crippen LogP) is 1.59. The molecular weight excluding hydrogens is 234 g/mol. The fourth-order valence-corrected chi connectivity index (χ4v) is 3.17. The highest BCUT2D eigenvalue weighted by Crippen LogP contribution is 2.24. The van der Waals surface area contributed by atoms with Gasteiger partial charge >= 0.3 is 0 Å². The third kappa shape index (κ3) is 3.23. The van der Waals surface area contributed by atoms with Gasteiger partial charge < -0.3 is 10.4 Å². The van der Waals surface area contributed by atoms with E-state index in [4.69, 9.17) is 0 Å². The Morgan fingerprint density at radius 1 is 1.47 bits per heavy atom. The van der Waals surface area contributed by atoms with Gasteiger partial charge in [-0.05, 0) is 17.7 Å². The van der Waals surface area contributed by atoms with E-state index in [0.717, 1.165) is 23.5 Å². The first-order valence-corrected chi connectivity index (χ1v) is 7.00. The van der Waals surface area contributed by atoms with Crippen molar-refractivity contribution in [2.45, 2.75) is 12.5 Å². The second-order valence-corrected chi connectivity index (χ2v) is 5.36. The molecule has 2 atom stereocenters. The van der Waals surface area contributed by atoms with Crippen molar-refractivity contribution < 1.29 is 9.90 Å². The summed E-state index contributed by atoms with van der Waals surface area (Å²) in [6, 6.07) is 9.31. The van der Waals surface area contributed by atoms with Crippen LogP contribution in [0.15, 0.2) is 30.3 Å².